The molecule has 0 aromatic carbocycles. The van der Waals surface area contributed by atoms with Crippen molar-refractivity contribution < 1.29 is 23.8 Å². The third-order valence-corrected chi connectivity index (χ3v) is 14.8. The molecule has 0 saturated heterocycles. The van der Waals surface area contributed by atoms with Gasteiger partial charge in [0.25, 0.3) is 0 Å². The Morgan fingerprint density at radius 2 is 0.557 bits per heavy atom. The molecule has 1 unspecified atom stereocenters. The molecule has 0 aliphatic carbocycles. The quantitative estimate of drug-likeness (QED) is 0.0345. The molecule has 0 spiro atoms. The molecule has 0 saturated carbocycles. The van der Waals surface area contributed by atoms with Gasteiger partial charge in [-0.1, -0.05) is 322 Å². The van der Waals surface area contributed by atoms with Crippen LogP contribution in [-0.4, -0.2) is 37.9 Å². The zero-order valence-corrected chi connectivity index (χ0v) is 48.1. The van der Waals surface area contributed by atoms with Crippen LogP contribution in [0.15, 0.2) is 12.2 Å². The number of carbonyl (C=O) groups is 2. The molecule has 0 aromatic rings. The van der Waals surface area contributed by atoms with Crippen LogP contribution in [0.5, 0.6) is 0 Å². The van der Waals surface area contributed by atoms with Crippen LogP contribution >= 0.6 is 0 Å². The Bertz CT molecular complexity index is 1030. The Hall–Kier alpha value is -1.36. The van der Waals surface area contributed by atoms with Crippen LogP contribution in [0.25, 0.3) is 0 Å². The van der Waals surface area contributed by atoms with Crippen molar-refractivity contribution in [3.05, 3.63) is 12.2 Å². The summed E-state index contributed by atoms with van der Waals surface area (Å²) < 4.78 is 17.6. The molecule has 5 heteroatoms. The van der Waals surface area contributed by atoms with Gasteiger partial charge in [0.1, 0.15) is 6.61 Å². The van der Waals surface area contributed by atoms with E-state index in [9.17, 15) is 9.59 Å². The number of rotatable bonds is 61. The predicted molar refractivity (Wildman–Crippen MR) is 307 cm³/mol. The molecule has 0 aliphatic heterocycles. The number of hydrogen-bond donors (Lipinski definition) is 0. The van der Waals surface area contributed by atoms with Gasteiger partial charge < -0.3 is 14.2 Å². The largest absolute Gasteiger partial charge is 0.462 e. The van der Waals surface area contributed by atoms with Crippen LogP contribution in [0.3, 0.4) is 0 Å². The number of hydrogen-bond acceptors (Lipinski definition) is 5. The standard InChI is InChI=1S/C65H126O5/c1-4-7-10-13-16-19-22-25-28-31-32-33-36-39-42-45-48-51-54-57-60-68-61-63(70-65(67)59-56-53-50-47-44-41-38-35-30-27-24-21-18-15-12-9-6-3)62-69-64(66)58-55-52-49-46-43-40-37-34-29-26-23-20-17-14-11-8-5-2/h26,29,63H,4-25,27-28,30-62H2,1-3H3/b29-26-. The number of ether oxygens (including phenoxy) is 3. The molecule has 0 radical (unpaired) electrons. The molecule has 416 valence electrons. The van der Waals surface area contributed by atoms with Gasteiger partial charge in [-0.05, 0) is 44.9 Å². The maximum atomic E-state index is 12.9. The fourth-order valence-electron chi connectivity index (χ4n) is 9.98. The van der Waals surface area contributed by atoms with Crippen LogP contribution in [0.4, 0.5) is 0 Å². The highest BCUT2D eigenvalue weighted by Gasteiger charge is 2.18. The van der Waals surface area contributed by atoms with E-state index in [4.69, 9.17) is 14.2 Å². The monoisotopic (exact) mass is 987 g/mol. The van der Waals surface area contributed by atoms with E-state index < -0.39 is 6.10 Å². The molecule has 5 nitrogen and oxygen atoms in total. The summed E-state index contributed by atoms with van der Waals surface area (Å²) in [4.78, 5) is 25.6. The lowest BCUT2D eigenvalue weighted by Crippen LogP contribution is -2.30. The van der Waals surface area contributed by atoms with Gasteiger partial charge in [-0.3, -0.25) is 9.59 Å². The van der Waals surface area contributed by atoms with E-state index in [1.54, 1.807) is 0 Å². The van der Waals surface area contributed by atoms with Crippen LogP contribution < -0.4 is 0 Å². The van der Waals surface area contributed by atoms with Gasteiger partial charge in [0.05, 0.1) is 6.61 Å². The first kappa shape index (κ1) is 68.6. The van der Waals surface area contributed by atoms with Crippen molar-refractivity contribution in [3.63, 3.8) is 0 Å². The molecule has 0 fully saturated rings. The molecule has 0 heterocycles. The minimum absolute atomic E-state index is 0.0935. The summed E-state index contributed by atoms with van der Waals surface area (Å²) in [6, 6.07) is 0. The fourth-order valence-corrected chi connectivity index (χ4v) is 9.98. The van der Waals surface area contributed by atoms with Crippen molar-refractivity contribution in [2.75, 3.05) is 19.8 Å². The Kier molecular flexibility index (Phi) is 60.7. The highest BCUT2D eigenvalue weighted by molar-refractivity contribution is 5.70. The number of carbonyl (C=O) groups excluding carboxylic acids is 2. The zero-order valence-electron chi connectivity index (χ0n) is 48.1. The van der Waals surface area contributed by atoms with E-state index in [2.05, 4.69) is 32.9 Å². The van der Waals surface area contributed by atoms with E-state index in [0.29, 0.717) is 26.1 Å². The van der Waals surface area contributed by atoms with E-state index >= 15 is 0 Å². The maximum absolute atomic E-state index is 12.9. The van der Waals surface area contributed by atoms with Crippen LogP contribution in [0.1, 0.15) is 367 Å². The minimum Gasteiger partial charge on any atom is -0.462 e. The van der Waals surface area contributed by atoms with E-state index in [-0.39, 0.29) is 18.5 Å². The molecule has 0 aromatic heterocycles. The van der Waals surface area contributed by atoms with E-state index in [0.717, 1.165) is 32.1 Å². The Morgan fingerprint density at radius 1 is 0.300 bits per heavy atom. The third-order valence-electron chi connectivity index (χ3n) is 14.8. The summed E-state index contributed by atoms with van der Waals surface area (Å²) in [5, 5.41) is 0. The van der Waals surface area contributed by atoms with Crippen molar-refractivity contribution in [2.45, 2.75) is 374 Å². The normalized spacial score (nSPS) is 12.1. The fraction of sp³-hybridized carbons (Fsp3) is 0.938. The van der Waals surface area contributed by atoms with Crippen molar-refractivity contribution in [1.29, 1.82) is 0 Å². The highest BCUT2D eigenvalue weighted by Crippen LogP contribution is 2.18. The Labute approximate surface area is 439 Å². The smallest absolute Gasteiger partial charge is 0.306 e. The second kappa shape index (κ2) is 61.9. The van der Waals surface area contributed by atoms with Gasteiger partial charge in [-0.15, -0.1) is 0 Å². The summed E-state index contributed by atoms with van der Waals surface area (Å²) >= 11 is 0. The van der Waals surface area contributed by atoms with Crippen LogP contribution in [0.2, 0.25) is 0 Å². The van der Waals surface area contributed by atoms with Gasteiger partial charge in [-0.25, -0.2) is 0 Å². The van der Waals surface area contributed by atoms with Crippen molar-refractivity contribution in [1.82, 2.24) is 0 Å². The van der Waals surface area contributed by atoms with Crippen LogP contribution in [-0.2, 0) is 23.8 Å². The molecule has 1 atom stereocenters. The molecule has 0 rings (SSSR count). The predicted octanol–water partition coefficient (Wildman–Crippen LogP) is 22.1. The number of allylic oxidation sites excluding steroid dienone is 2. The van der Waals surface area contributed by atoms with Gasteiger partial charge in [0.2, 0.25) is 0 Å². The first-order valence-corrected chi connectivity index (χ1v) is 32.2. The summed E-state index contributed by atoms with van der Waals surface area (Å²) in [6.07, 6.45) is 73.9. The molecule has 0 amide bonds. The second-order valence-electron chi connectivity index (χ2n) is 22.0. The van der Waals surface area contributed by atoms with Crippen molar-refractivity contribution >= 4 is 11.9 Å². The van der Waals surface area contributed by atoms with Crippen LogP contribution in [0, 0.1) is 0 Å². The Morgan fingerprint density at radius 3 is 0.871 bits per heavy atom. The molecule has 0 aliphatic rings. The Balaban J connectivity index is 4.20. The molecule has 70 heavy (non-hydrogen) atoms. The molecule has 0 N–H and O–H groups in total. The first-order chi connectivity index (χ1) is 34.6. The lowest BCUT2D eigenvalue weighted by atomic mass is 10.0. The van der Waals surface area contributed by atoms with Gasteiger partial charge in [0, 0.05) is 19.4 Å². The summed E-state index contributed by atoms with van der Waals surface area (Å²) in [5.74, 6) is -0.371. The minimum atomic E-state index is -0.530. The topological polar surface area (TPSA) is 61.8 Å². The van der Waals surface area contributed by atoms with E-state index in [1.165, 1.54) is 302 Å². The number of unbranched alkanes of at least 4 members (excludes halogenated alkanes) is 48. The second-order valence-corrected chi connectivity index (χ2v) is 22.0. The summed E-state index contributed by atoms with van der Waals surface area (Å²) in [7, 11) is 0. The highest BCUT2D eigenvalue weighted by atomic mass is 16.6. The molecular formula is C65H126O5. The zero-order chi connectivity index (χ0) is 50.6. The lowest BCUT2D eigenvalue weighted by Gasteiger charge is -2.18. The number of esters is 2. The lowest BCUT2D eigenvalue weighted by molar-refractivity contribution is -0.163. The molecule has 0 bridgehead atoms. The van der Waals surface area contributed by atoms with Crippen molar-refractivity contribution in [2.24, 2.45) is 0 Å². The molecular weight excluding hydrogens is 861 g/mol. The van der Waals surface area contributed by atoms with Gasteiger partial charge in [0.15, 0.2) is 6.10 Å². The van der Waals surface area contributed by atoms with E-state index in [1.807, 2.05) is 0 Å². The maximum Gasteiger partial charge on any atom is 0.306 e. The first-order valence-electron chi connectivity index (χ1n) is 32.2. The SMILES string of the molecule is CCCCCCCC/C=C\CCCCCCCCCC(=O)OCC(COCCCCCCCCCCCCCCCCCCCCCC)OC(=O)CCCCCCCCCCCCCCCCCCC. The summed E-state index contributed by atoms with van der Waals surface area (Å²) in [6.45, 7) is 7.92. The van der Waals surface area contributed by atoms with Gasteiger partial charge in [-0.2, -0.15) is 0 Å². The van der Waals surface area contributed by atoms with Gasteiger partial charge >= 0.3 is 11.9 Å². The average Bonchev–Trinajstić information content (AvgIpc) is 3.36. The summed E-state index contributed by atoms with van der Waals surface area (Å²) in [5.41, 5.74) is 0. The average molecular weight is 988 g/mol. The third kappa shape index (κ3) is 59.2. The van der Waals surface area contributed by atoms with Crippen molar-refractivity contribution in [3.8, 4) is 0 Å².